The molecule has 1 atom stereocenters. The van der Waals surface area contributed by atoms with Gasteiger partial charge in [-0.2, -0.15) is 0 Å². The van der Waals surface area contributed by atoms with Crippen LogP contribution < -0.4 is 14.4 Å². The van der Waals surface area contributed by atoms with Crippen LogP contribution in [0.4, 0.5) is 0 Å². The van der Waals surface area contributed by atoms with E-state index in [2.05, 4.69) is 0 Å². The van der Waals surface area contributed by atoms with E-state index in [4.69, 9.17) is 9.47 Å². The number of Topliss-reactive ketones (excluding diaryl/α,β-unsaturated/α-hetero) is 1. The minimum Gasteiger partial charge on any atom is -0.507 e. The first-order valence-electron chi connectivity index (χ1n) is 10.2. The molecule has 0 aromatic heterocycles. The second-order valence-corrected chi connectivity index (χ2v) is 7.78. The molecule has 2 aromatic carbocycles. The minimum atomic E-state index is -0.752. The third kappa shape index (κ3) is 4.56. The first kappa shape index (κ1) is 22.4. The lowest BCUT2D eigenvalue weighted by atomic mass is 9.94. The highest BCUT2D eigenvalue weighted by atomic mass is 16.5. The Morgan fingerprint density at radius 3 is 2.39 bits per heavy atom. The second kappa shape index (κ2) is 9.66. The van der Waals surface area contributed by atoms with Crippen LogP contribution in [0.25, 0.3) is 5.76 Å². The summed E-state index contributed by atoms with van der Waals surface area (Å²) in [6.45, 7) is 1.23. The SMILES string of the molecule is COc1ccc([C@H]2C(=C(O)c3ccccc3)C(=O)C(=O)N2CCC[NH+](C)C)c(OC)c1. The van der Waals surface area contributed by atoms with E-state index in [1.54, 1.807) is 49.6 Å². The molecule has 1 amide bonds. The van der Waals surface area contributed by atoms with Crippen molar-refractivity contribution in [2.45, 2.75) is 12.5 Å². The van der Waals surface area contributed by atoms with Gasteiger partial charge < -0.3 is 24.4 Å². The van der Waals surface area contributed by atoms with E-state index >= 15 is 0 Å². The summed E-state index contributed by atoms with van der Waals surface area (Å²) in [4.78, 5) is 28.8. The van der Waals surface area contributed by atoms with Gasteiger partial charge in [0.2, 0.25) is 0 Å². The summed E-state index contributed by atoms with van der Waals surface area (Å²) in [6.07, 6.45) is 0.718. The van der Waals surface area contributed by atoms with Gasteiger partial charge in [0.05, 0.1) is 46.5 Å². The van der Waals surface area contributed by atoms with Crippen molar-refractivity contribution in [3.05, 3.63) is 65.2 Å². The molecule has 31 heavy (non-hydrogen) atoms. The molecule has 2 N–H and O–H groups in total. The number of carbonyl (C=O) groups excluding carboxylic acids is 2. The summed E-state index contributed by atoms with van der Waals surface area (Å²) in [5, 5.41) is 11.0. The average Bonchev–Trinajstić information content (AvgIpc) is 3.03. The fraction of sp³-hybridized carbons (Fsp3) is 0.333. The van der Waals surface area contributed by atoms with Gasteiger partial charge in [-0.15, -0.1) is 0 Å². The fourth-order valence-electron chi connectivity index (χ4n) is 3.83. The lowest BCUT2D eigenvalue weighted by Crippen LogP contribution is -3.05. The number of likely N-dealkylation sites (tertiary alicyclic amines) is 1. The third-order valence-corrected chi connectivity index (χ3v) is 5.40. The van der Waals surface area contributed by atoms with E-state index in [1.165, 1.54) is 16.9 Å². The van der Waals surface area contributed by atoms with Crippen LogP contribution in [-0.2, 0) is 9.59 Å². The largest absolute Gasteiger partial charge is 0.507 e. The number of hydrogen-bond acceptors (Lipinski definition) is 5. The molecule has 1 heterocycles. The van der Waals surface area contributed by atoms with Crippen LogP contribution in [0.3, 0.4) is 0 Å². The molecular weight excluding hydrogens is 396 g/mol. The lowest BCUT2D eigenvalue weighted by Gasteiger charge is -2.27. The molecule has 1 fully saturated rings. The monoisotopic (exact) mass is 425 g/mol. The van der Waals surface area contributed by atoms with Crippen LogP contribution in [-0.4, -0.2) is 63.1 Å². The molecule has 7 nitrogen and oxygen atoms in total. The number of benzene rings is 2. The Bertz CT molecular complexity index is 985. The summed E-state index contributed by atoms with van der Waals surface area (Å²) < 4.78 is 10.8. The number of carbonyl (C=O) groups is 2. The van der Waals surface area contributed by atoms with Gasteiger partial charge in [-0.05, 0) is 12.1 Å². The summed E-state index contributed by atoms with van der Waals surface area (Å²) in [5.41, 5.74) is 1.17. The Hall–Kier alpha value is -3.32. The van der Waals surface area contributed by atoms with Crippen molar-refractivity contribution in [3.8, 4) is 11.5 Å². The smallest absolute Gasteiger partial charge is 0.295 e. The summed E-state index contributed by atoms with van der Waals surface area (Å²) >= 11 is 0. The maximum atomic E-state index is 13.1. The highest BCUT2D eigenvalue weighted by Gasteiger charge is 2.46. The first-order valence-corrected chi connectivity index (χ1v) is 10.2. The molecule has 2 aromatic rings. The molecule has 0 aliphatic carbocycles. The van der Waals surface area contributed by atoms with E-state index in [9.17, 15) is 14.7 Å². The zero-order valence-corrected chi connectivity index (χ0v) is 18.3. The Morgan fingerprint density at radius 1 is 1.06 bits per heavy atom. The van der Waals surface area contributed by atoms with E-state index in [1.807, 2.05) is 20.2 Å². The van der Waals surface area contributed by atoms with Gasteiger partial charge >= 0.3 is 0 Å². The number of hydrogen-bond donors (Lipinski definition) is 2. The predicted molar refractivity (Wildman–Crippen MR) is 117 cm³/mol. The van der Waals surface area contributed by atoms with Crippen molar-refractivity contribution in [2.75, 3.05) is 41.4 Å². The molecule has 0 spiro atoms. The van der Waals surface area contributed by atoms with Crippen molar-refractivity contribution in [1.29, 1.82) is 0 Å². The summed E-state index contributed by atoms with van der Waals surface area (Å²) in [6, 6.07) is 13.3. The summed E-state index contributed by atoms with van der Waals surface area (Å²) in [5.74, 6) is -0.427. The number of aliphatic hydroxyl groups excluding tert-OH is 1. The van der Waals surface area contributed by atoms with Crippen molar-refractivity contribution < 1.29 is 29.1 Å². The number of amides is 1. The molecular formula is C24H29N2O5+. The number of nitrogens with zero attached hydrogens (tertiary/aromatic N) is 1. The van der Waals surface area contributed by atoms with Gasteiger partial charge in [0, 0.05) is 30.2 Å². The van der Waals surface area contributed by atoms with E-state index in [0.717, 1.165) is 13.0 Å². The van der Waals surface area contributed by atoms with Gasteiger partial charge in [-0.25, -0.2) is 0 Å². The van der Waals surface area contributed by atoms with Crippen molar-refractivity contribution >= 4 is 17.4 Å². The van der Waals surface area contributed by atoms with Crippen molar-refractivity contribution in [2.24, 2.45) is 0 Å². The molecule has 7 heteroatoms. The Morgan fingerprint density at radius 2 is 1.77 bits per heavy atom. The van der Waals surface area contributed by atoms with Crippen LogP contribution in [0.2, 0.25) is 0 Å². The van der Waals surface area contributed by atoms with Gasteiger partial charge in [-0.3, -0.25) is 9.59 Å². The number of methoxy groups -OCH3 is 2. The topological polar surface area (TPSA) is 80.5 Å². The van der Waals surface area contributed by atoms with E-state index < -0.39 is 17.7 Å². The normalized spacial score (nSPS) is 18.0. The van der Waals surface area contributed by atoms with Gasteiger partial charge in [0.25, 0.3) is 11.7 Å². The van der Waals surface area contributed by atoms with Gasteiger partial charge in [0.15, 0.2) is 0 Å². The molecule has 0 unspecified atom stereocenters. The molecule has 0 saturated carbocycles. The van der Waals surface area contributed by atoms with Crippen LogP contribution in [0.1, 0.15) is 23.6 Å². The molecule has 1 aliphatic rings. The van der Waals surface area contributed by atoms with Gasteiger partial charge in [0.1, 0.15) is 17.3 Å². The zero-order valence-electron chi connectivity index (χ0n) is 18.3. The summed E-state index contributed by atoms with van der Waals surface area (Å²) in [7, 11) is 7.15. The molecule has 0 bridgehead atoms. The van der Waals surface area contributed by atoms with Crippen LogP contribution in [0.5, 0.6) is 11.5 Å². The molecule has 1 saturated heterocycles. The molecule has 3 rings (SSSR count). The van der Waals surface area contributed by atoms with Gasteiger partial charge in [-0.1, -0.05) is 30.3 Å². The fourth-order valence-corrected chi connectivity index (χ4v) is 3.83. The number of nitrogens with one attached hydrogen (secondary N) is 1. The van der Waals surface area contributed by atoms with E-state index in [0.29, 0.717) is 29.2 Å². The number of quaternary nitrogens is 1. The standard InChI is InChI=1S/C24H28N2O5/c1-25(2)13-8-14-26-21(18-12-11-17(30-3)15-19(18)31-4)20(23(28)24(26)29)22(27)16-9-6-5-7-10-16/h5-7,9-12,15,21,27H,8,13-14H2,1-4H3/p+1/t21-/m0/s1. The quantitative estimate of drug-likeness (QED) is 0.382. The number of rotatable bonds is 8. The highest BCUT2D eigenvalue weighted by Crippen LogP contribution is 2.43. The Kier molecular flexibility index (Phi) is 6.97. The zero-order chi connectivity index (χ0) is 22.5. The first-order chi connectivity index (χ1) is 14.9. The average molecular weight is 426 g/mol. The lowest BCUT2D eigenvalue weighted by molar-refractivity contribution is -0.858. The second-order valence-electron chi connectivity index (χ2n) is 7.78. The maximum Gasteiger partial charge on any atom is 0.295 e. The predicted octanol–water partition coefficient (Wildman–Crippen LogP) is 1.66. The highest BCUT2D eigenvalue weighted by molar-refractivity contribution is 6.46. The maximum absolute atomic E-state index is 13.1. The Labute approximate surface area is 182 Å². The van der Waals surface area contributed by atoms with Crippen LogP contribution in [0, 0.1) is 0 Å². The van der Waals surface area contributed by atoms with E-state index in [-0.39, 0.29) is 11.3 Å². The molecule has 0 radical (unpaired) electrons. The molecule has 1 aliphatic heterocycles. The molecule has 164 valence electrons. The third-order valence-electron chi connectivity index (χ3n) is 5.40. The van der Waals surface area contributed by atoms with Crippen LogP contribution in [0.15, 0.2) is 54.1 Å². The van der Waals surface area contributed by atoms with Crippen molar-refractivity contribution in [3.63, 3.8) is 0 Å². The number of ketones is 1. The number of ether oxygens (including phenoxy) is 2. The van der Waals surface area contributed by atoms with Crippen molar-refractivity contribution in [1.82, 2.24) is 4.90 Å². The minimum absolute atomic E-state index is 0.0665. The Balaban J connectivity index is 2.15. The van der Waals surface area contributed by atoms with Crippen LogP contribution >= 0.6 is 0 Å². The number of aliphatic hydroxyl groups is 1.